The van der Waals surface area contributed by atoms with Crippen LogP contribution < -0.4 is 5.32 Å². The first-order chi connectivity index (χ1) is 10.6. The van der Waals surface area contributed by atoms with Crippen molar-refractivity contribution in [2.45, 2.75) is 6.92 Å². The predicted octanol–water partition coefficient (Wildman–Crippen LogP) is 4.65. The molecule has 1 aliphatic rings. The molecule has 1 aliphatic heterocycles. The molecule has 0 spiro atoms. The van der Waals surface area contributed by atoms with E-state index in [-0.39, 0.29) is 5.91 Å². The molecule has 3 rings (SSSR count). The molecule has 2 aromatic rings. The fraction of sp³-hybridized carbons (Fsp3) is 0.0588. The number of aryl methyl sites for hydroxylation is 1. The molecule has 0 aliphatic carbocycles. The molecule has 5 heteroatoms. The molecule has 0 bridgehead atoms. The van der Waals surface area contributed by atoms with Gasteiger partial charge in [0.25, 0.3) is 5.91 Å². The second-order valence-corrected chi connectivity index (χ2v) is 6.82. The van der Waals surface area contributed by atoms with Crippen LogP contribution >= 0.6 is 27.7 Å². The lowest BCUT2D eigenvalue weighted by molar-refractivity contribution is -0.115. The summed E-state index contributed by atoms with van der Waals surface area (Å²) in [4.78, 5) is 17.1. The smallest absolute Gasteiger partial charge is 0.264 e. The Labute approximate surface area is 141 Å². The third-order valence-electron chi connectivity index (χ3n) is 3.05. The van der Waals surface area contributed by atoms with E-state index in [1.54, 1.807) is 0 Å². The van der Waals surface area contributed by atoms with Gasteiger partial charge in [0.1, 0.15) is 0 Å². The number of benzene rings is 2. The number of hydrogen-bond donors (Lipinski definition) is 1. The molecule has 1 N–H and O–H groups in total. The first-order valence-corrected chi connectivity index (χ1v) is 8.33. The molecule has 0 radical (unpaired) electrons. The van der Waals surface area contributed by atoms with Gasteiger partial charge >= 0.3 is 0 Å². The first-order valence-electron chi connectivity index (χ1n) is 6.72. The fourth-order valence-corrected chi connectivity index (χ4v) is 3.13. The number of hydrogen-bond acceptors (Lipinski definition) is 3. The van der Waals surface area contributed by atoms with Crippen LogP contribution in [0.25, 0.3) is 6.08 Å². The van der Waals surface area contributed by atoms with Crippen molar-refractivity contribution >= 4 is 50.5 Å². The topological polar surface area (TPSA) is 41.5 Å². The van der Waals surface area contributed by atoms with Gasteiger partial charge in [-0.05, 0) is 54.6 Å². The standard InChI is InChI=1S/C17H13BrN2OS/c1-11-3-2-4-12(9-11)10-15-16(21)20-17(22-15)19-14-7-5-13(18)6-8-14/h2-10H,1H3,(H,19,20,21)/b15-10-. The quantitative estimate of drug-likeness (QED) is 0.779. The van der Waals surface area contributed by atoms with Crippen LogP contribution in [0, 0.1) is 6.92 Å². The summed E-state index contributed by atoms with van der Waals surface area (Å²) in [7, 11) is 0. The number of amides is 1. The zero-order valence-corrected chi connectivity index (χ0v) is 14.2. The number of nitrogens with one attached hydrogen (secondary N) is 1. The van der Waals surface area contributed by atoms with Crippen LogP contribution in [-0.2, 0) is 4.79 Å². The van der Waals surface area contributed by atoms with E-state index in [1.165, 1.54) is 17.3 Å². The molecule has 1 heterocycles. The van der Waals surface area contributed by atoms with Gasteiger partial charge in [0.2, 0.25) is 0 Å². The SMILES string of the molecule is Cc1cccc(/C=C2\SC(=Nc3ccc(Br)cc3)NC2=O)c1. The zero-order chi connectivity index (χ0) is 15.5. The number of carbonyl (C=O) groups excluding carboxylic acids is 1. The first kappa shape index (κ1) is 15.1. The molecular weight excluding hydrogens is 360 g/mol. The van der Waals surface area contributed by atoms with Crippen molar-refractivity contribution in [3.05, 3.63) is 69.0 Å². The molecular formula is C17H13BrN2OS. The van der Waals surface area contributed by atoms with Crippen LogP contribution in [0.4, 0.5) is 5.69 Å². The molecule has 0 atom stereocenters. The average Bonchev–Trinajstić information content (AvgIpc) is 2.81. The van der Waals surface area contributed by atoms with Gasteiger partial charge in [0, 0.05) is 4.47 Å². The van der Waals surface area contributed by atoms with Gasteiger partial charge in [-0.2, -0.15) is 0 Å². The van der Waals surface area contributed by atoms with E-state index in [2.05, 4.69) is 26.2 Å². The predicted molar refractivity (Wildman–Crippen MR) is 96.1 cm³/mol. The molecule has 1 amide bonds. The maximum atomic E-state index is 12.0. The molecule has 3 nitrogen and oxygen atoms in total. The van der Waals surface area contributed by atoms with Gasteiger partial charge < -0.3 is 5.32 Å². The fourth-order valence-electron chi connectivity index (χ4n) is 2.02. The van der Waals surface area contributed by atoms with Crippen molar-refractivity contribution < 1.29 is 4.79 Å². The Kier molecular flexibility index (Phi) is 4.45. The van der Waals surface area contributed by atoms with Gasteiger partial charge in [-0.15, -0.1) is 0 Å². The van der Waals surface area contributed by atoms with Gasteiger partial charge in [-0.25, -0.2) is 4.99 Å². The Morgan fingerprint density at radius 2 is 1.95 bits per heavy atom. The lowest BCUT2D eigenvalue weighted by Crippen LogP contribution is -2.19. The van der Waals surface area contributed by atoms with Crippen LogP contribution in [0.3, 0.4) is 0 Å². The second-order valence-electron chi connectivity index (χ2n) is 4.87. The van der Waals surface area contributed by atoms with E-state index < -0.39 is 0 Å². The largest absolute Gasteiger partial charge is 0.300 e. The van der Waals surface area contributed by atoms with Gasteiger partial charge in [-0.1, -0.05) is 45.8 Å². The summed E-state index contributed by atoms with van der Waals surface area (Å²) in [5, 5.41) is 3.40. The summed E-state index contributed by atoms with van der Waals surface area (Å²) in [6.07, 6.45) is 1.89. The summed E-state index contributed by atoms with van der Waals surface area (Å²) in [6.45, 7) is 2.03. The number of thioether (sulfide) groups is 1. The summed E-state index contributed by atoms with van der Waals surface area (Å²) < 4.78 is 1.000. The summed E-state index contributed by atoms with van der Waals surface area (Å²) in [5.41, 5.74) is 2.99. The summed E-state index contributed by atoms with van der Waals surface area (Å²) in [6, 6.07) is 15.7. The average molecular weight is 373 g/mol. The van der Waals surface area contributed by atoms with Crippen molar-refractivity contribution in [3.8, 4) is 0 Å². The molecule has 0 unspecified atom stereocenters. The Hall–Kier alpha value is -1.85. The highest BCUT2D eigenvalue weighted by atomic mass is 79.9. The van der Waals surface area contributed by atoms with E-state index in [9.17, 15) is 4.79 Å². The lowest BCUT2D eigenvalue weighted by Gasteiger charge is -1.97. The maximum Gasteiger partial charge on any atom is 0.264 e. The third kappa shape index (κ3) is 3.67. The number of aliphatic imine (C=N–C) groups is 1. The number of amidine groups is 1. The molecule has 0 aromatic heterocycles. The summed E-state index contributed by atoms with van der Waals surface area (Å²) >= 11 is 4.74. The second kappa shape index (κ2) is 6.50. The minimum atomic E-state index is -0.109. The van der Waals surface area contributed by atoms with Crippen LogP contribution in [0.2, 0.25) is 0 Å². The van der Waals surface area contributed by atoms with Gasteiger partial charge in [0.05, 0.1) is 10.6 Å². The number of rotatable bonds is 2. The highest BCUT2D eigenvalue weighted by Crippen LogP contribution is 2.28. The minimum Gasteiger partial charge on any atom is -0.300 e. The third-order valence-corrected chi connectivity index (χ3v) is 4.49. The van der Waals surface area contributed by atoms with Crippen molar-refractivity contribution in [1.29, 1.82) is 0 Å². The normalized spacial score (nSPS) is 18.0. The van der Waals surface area contributed by atoms with E-state index >= 15 is 0 Å². The minimum absolute atomic E-state index is 0.109. The maximum absolute atomic E-state index is 12.0. The van der Waals surface area contributed by atoms with E-state index in [0.29, 0.717) is 10.1 Å². The van der Waals surface area contributed by atoms with E-state index in [0.717, 1.165) is 15.7 Å². The molecule has 1 fully saturated rings. The molecule has 110 valence electrons. The van der Waals surface area contributed by atoms with Gasteiger partial charge in [-0.3, -0.25) is 4.79 Å². The molecule has 1 saturated heterocycles. The van der Waals surface area contributed by atoms with Crippen molar-refractivity contribution in [2.75, 3.05) is 0 Å². The van der Waals surface area contributed by atoms with E-state index in [1.807, 2.05) is 61.5 Å². The number of carbonyl (C=O) groups is 1. The highest BCUT2D eigenvalue weighted by Gasteiger charge is 2.23. The number of halogens is 1. The zero-order valence-electron chi connectivity index (χ0n) is 11.8. The number of nitrogens with zero attached hydrogens (tertiary/aromatic N) is 1. The Balaban J connectivity index is 1.82. The Morgan fingerprint density at radius 1 is 1.18 bits per heavy atom. The van der Waals surface area contributed by atoms with Crippen molar-refractivity contribution in [2.24, 2.45) is 4.99 Å². The van der Waals surface area contributed by atoms with Crippen molar-refractivity contribution in [1.82, 2.24) is 5.32 Å². The molecule has 2 aromatic carbocycles. The van der Waals surface area contributed by atoms with Gasteiger partial charge in [0.15, 0.2) is 5.17 Å². The van der Waals surface area contributed by atoms with E-state index in [4.69, 9.17) is 0 Å². The Bertz CT molecular complexity index is 782. The van der Waals surface area contributed by atoms with Crippen LogP contribution in [-0.4, -0.2) is 11.1 Å². The van der Waals surface area contributed by atoms with Crippen molar-refractivity contribution in [3.63, 3.8) is 0 Å². The Morgan fingerprint density at radius 3 is 2.68 bits per heavy atom. The van der Waals surface area contributed by atoms with Crippen LogP contribution in [0.1, 0.15) is 11.1 Å². The molecule has 0 saturated carbocycles. The monoisotopic (exact) mass is 372 g/mol. The van der Waals surface area contributed by atoms with Crippen LogP contribution in [0.15, 0.2) is 62.9 Å². The lowest BCUT2D eigenvalue weighted by atomic mass is 10.1. The van der Waals surface area contributed by atoms with Crippen LogP contribution in [0.5, 0.6) is 0 Å². The molecule has 22 heavy (non-hydrogen) atoms. The highest BCUT2D eigenvalue weighted by molar-refractivity contribution is 9.10. The summed E-state index contributed by atoms with van der Waals surface area (Å²) in [5.74, 6) is -0.109.